The highest BCUT2D eigenvalue weighted by Crippen LogP contribution is 1.90. The Hall–Kier alpha value is -1.06. The van der Waals surface area contributed by atoms with Crippen LogP contribution in [0.25, 0.3) is 0 Å². The number of nitrogens with two attached hydrogens (primary N) is 1. The molecule has 0 aliphatic rings. The highest BCUT2D eigenvalue weighted by atomic mass is 16.5. The Labute approximate surface area is 60.1 Å². The third kappa shape index (κ3) is 3.06. The van der Waals surface area contributed by atoms with Gasteiger partial charge in [0.1, 0.15) is 5.84 Å². The zero-order valence-electron chi connectivity index (χ0n) is 6.42. The van der Waals surface area contributed by atoms with E-state index in [9.17, 15) is 4.79 Å². The Kier molecular flexibility index (Phi) is 3.46. The van der Waals surface area contributed by atoms with Gasteiger partial charge in [-0.1, -0.05) is 0 Å². The van der Waals surface area contributed by atoms with Crippen LogP contribution in [0.2, 0.25) is 0 Å². The van der Waals surface area contributed by atoms with Gasteiger partial charge in [-0.25, -0.2) is 0 Å². The lowest BCUT2D eigenvalue weighted by Gasteiger charge is -2.09. The molecule has 0 radical (unpaired) electrons. The van der Waals surface area contributed by atoms with Gasteiger partial charge in [-0.3, -0.25) is 9.79 Å². The summed E-state index contributed by atoms with van der Waals surface area (Å²) >= 11 is 0. The molecule has 10 heavy (non-hydrogen) atoms. The average molecular weight is 144 g/mol. The molecule has 4 heteroatoms. The van der Waals surface area contributed by atoms with Crippen LogP contribution in [-0.2, 0) is 9.53 Å². The smallest absolute Gasteiger partial charge is 0.303 e. The van der Waals surface area contributed by atoms with E-state index < -0.39 is 6.10 Å². The summed E-state index contributed by atoms with van der Waals surface area (Å²) in [6, 6.07) is 0. The number of nitrogens with zero attached hydrogens (tertiary/aromatic N) is 1. The second-order valence-electron chi connectivity index (χ2n) is 1.90. The zero-order valence-corrected chi connectivity index (χ0v) is 6.42. The fourth-order valence-electron chi connectivity index (χ4n) is 0.491. The molecule has 0 fully saturated rings. The van der Waals surface area contributed by atoms with Crippen LogP contribution in [0, 0.1) is 0 Å². The highest BCUT2D eigenvalue weighted by Gasteiger charge is 2.07. The molecule has 0 spiro atoms. The number of hydrogen-bond acceptors (Lipinski definition) is 3. The monoisotopic (exact) mass is 144 g/mol. The van der Waals surface area contributed by atoms with Crippen molar-refractivity contribution in [2.24, 2.45) is 10.7 Å². The normalized spacial score (nSPS) is 14.5. The molecule has 0 aromatic heterocycles. The summed E-state index contributed by atoms with van der Waals surface area (Å²) in [6.07, 6.45) is -0.414. The average Bonchev–Trinajstić information content (AvgIpc) is 1.85. The number of hydrogen-bond donors (Lipinski definition) is 1. The van der Waals surface area contributed by atoms with Crippen LogP contribution in [0.1, 0.15) is 13.8 Å². The van der Waals surface area contributed by atoms with Crippen molar-refractivity contribution >= 4 is 11.8 Å². The number of carbonyl (C=O) groups is 1. The van der Waals surface area contributed by atoms with Gasteiger partial charge in [0.2, 0.25) is 0 Å². The zero-order chi connectivity index (χ0) is 8.15. The summed E-state index contributed by atoms with van der Waals surface area (Å²) in [7, 11) is 1.55. The molecular formula is C6H12N2O2. The molecule has 0 amide bonds. The Balaban J connectivity index is 3.85. The van der Waals surface area contributed by atoms with Gasteiger partial charge in [-0.2, -0.15) is 0 Å². The first-order chi connectivity index (χ1) is 4.57. The van der Waals surface area contributed by atoms with E-state index in [-0.39, 0.29) is 5.97 Å². The molecule has 4 nitrogen and oxygen atoms in total. The van der Waals surface area contributed by atoms with Gasteiger partial charge in [-0.05, 0) is 6.92 Å². The summed E-state index contributed by atoms with van der Waals surface area (Å²) in [4.78, 5) is 14.0. The van der Waals surface area contributed by atoms with Gasteiger partial charge in [-0.15, -0.1) is 0 Å². The van der Waals surface area contributed by atoms with Crippen LogP contribution in [0.4, 0.5) is 0 Å². The summed E-state index contributed by atoms with van der Waals surface area (Å²) in [6.45, 7) is 3.00. The molecule has 0 rings (SSSR count). The van der Waals surface area contributed by atoms with Crippen molar-refractivity contribution in [2.75, 3.05) is 7.05 Å². The van der Waals surface area contributed by atoms with Crippen LogP contribution in [-0.4, -0.2) is 25.0 Å². The summed E-state index contributed by atoms with van der Waals surface area (Å²) < 4.78 is 4.71. The van der Waals surface area contributed by atoms with E-state index in [1.807, 2.05) is 0 Å². The van der Waals surface area contributed by atoms with E-state index in [0.29, 0.717) is 5.84 Å². The minimum absolute atomic E-state index is 0.329. The molecule has 0 heterocycles. The molecule has 1 unspecified atom stereocenters. The molecular weight excluding hydrogens is 132 g/mol. The number of esters is 1. The molecule has 0 saturated heterocycles. The Morgan fingerprint density at radius 2 is 2.20 bits per heavy atom. The van der Waals surface area contributed by atoms with Gasteiger partial charge in [0.25, 0.3) is 0 Å². The van der Waals surface area contributed by atoms with E-state index in [0.717, 1.165) is 0 Å². The third-order valence-corrected chi connectivity index (χ3v) is 1.02. The summed E-state index contributed by atoms with van der Waals surface area (Å²) in [5, 5.41) is 0. The molecule has 0 aromatic rings. The maximum atomic E-state index is 10.3. The molecule has 2 N–H and O–H groups in total. The van der Waals surface area contributed by atoms with Crippen molar-refractivity contribution < 1.29 is 9.53 Å². The van der Waals surface area contributed by atoms with Crippen molar-refractivity contribution in [3.8, 4) is 0 Å². The van der Waals surface area contributed by atoms with E-state index in [2.05, 4.69) is 4.99 Å². The van der Waals surface area contributed by atoms with Crippen LogP contribution in [0.5, 0.6) is 0 Å². The number of aliphatic imine (C=N–C) groups is 1. The van der Waals surface area contributed by atoms with Gasteiger partial charge in [0, 0.05) is 14.0 Å². The topological polar surface area (TPSA) is 64.7 Å². The SMILES string of the molecule is CN=C(N)C(C)OC(C)=O. The van der Waals surface area contributed by atoms with Gasteiger partial charge in [0.05, 0.1) is 0 Å². The van der Waals surface area contributed by atoms with Crippen molar-refractivity contribution in [3.63, 3.8) is 0 Å². The van der Waals surface area contributed by atoms with Crippen LogP contribution in [0.3, 0.4) is 0 Å². The lowest BCUT2D eigenvalue weighted by atomic mass is 10.4. The minimum atomic E-state index is -0.414. The third-order valence-electron chi connectivity index (χ3n) is 1.02. The van der Waals surface area contributed by atoms with Crippen molar-refractivity contribution in [2.45, 2.75) is 20.0 Å². The van der Waals surface area contributed by atoms with E-state index in [4.69, 9.17) is 10.5 Å². The quantitative estimate of drug-likeness (QED) is 0.335. The van der Waals surface area contributed by atoms with Crippen molar-refractivity contribution in [3.05, 3.63) is 0 Å². The first-order valence-electron chi connectivity index (χ1n) is 2.97. The largest absolute Gasteiger partial charge is 0.455 e. The van der Waals surface area contributed by atoms with E-state index in [1.54, 1.807) is 14.0 Å². The molecule has 58 valence electrons. The van der Waals surface area contributed by atoms with Gasteiger partial charge < -0.3 is 10.5 Å². The summed E-state index contributed by atoms with van der Waals surface area (Å²) in [5.74, 6) is -0.0192. The second kappa shape index (κ2) is 3.87. The Morgan fingerprint density at radius 1 is 1.70 bits per heavy atom. The fourth-order valence-corrected chi connectivity index (χ4v) is 0.491. The summed E-state index contributed by atoms with van der Waals surface area (Å²) in [5.41, 5.74) is 5.34. The first kappa shape index (κ1) is 8.94. The maximum Gasteiger partial charge on any atom is 0.303 e. The standard InChI is InChI=1S/C6H12N2O2/c1-4(6(7)8-3)10-5(2)9/h4H,1-3H3,(H2,7,8). The maximum absolute atomic E-state index is 10.3. The highest BCUT2D eigenvalue weighted by molar-refractivity contribution is 5.86. The lowest BCUT2D eigenvalue weighted by molar-refractivity contribution is -0.142. The second-order valence-corrected chi connectivity index (χ2v) is 1.90. The molecule has 1 atom stereocenters. The molecule has 0 aliphatic carbocycles. The molecule has 0 aromatic carbocycles. The number of ether oxygens (including phenoxy) is 1. The lowest BCUT2D eigenvalue weighted by Crippen LogP contribution is -2.30. The molecule has 0 bridgehead atoms. The number of amidine groups is 1. The minimum Gasteiger partial charge on any atom is -0.455 e. The predicted molar refractivity (Wildman–Crippen MR) is 38.8 cm³/mol. The van der Waals surface area contributed by atoms with Crippen molar-refractivity contribution in [1.82, 2.24) is 0 Å². The van der Waals surface area contributed by atoms with E-state index >= 15 is 0 Å². The van der Waals surface area contributed by atoms with Gasteiger partial charge >= 0.3 is 5.97 Å². The van der Waals surface area contributed by atoms with Crippen LogP contribution < -0.4 is 5.73 Å². The van der Waals surface area contributed by atoms with Crippen LogP contribution >= 0.6 is 0 Å². The first-order valence-corrected chi connectivity index (χ1v) is 2.97. The molecule has 0 aliphatic heterocycles. The van der Waals surface area contributed by atoms with Crippen LogP contribution in [0.15, 0.2) is 4.99 Å². The van der Waals surface area contributed by atoms with E-state index in [1.165, 1.54) is 6.92 Å². The van der Waals surface area contributed by atoms with Gasteiger partial charge in [0.15, 0.2) is 6.10 Å². The van der Waals surface area contributed by atoms with Crippen molar-refractivity contribution in [1.29, 1.82) is 0 Å². The number of rotatable bonds is 2. The fraction of sp³-hybridized carbons (Fsp3) is 0.667. The number of carbonyl (C=O) groups excluding carboxylic acids is 1. The molecule has 0 saturated carbocycles. The Morgan fingerprint density at radius 3 is 2.50 bits per heavy atom. The Bertz CT molecular complexity index is 154. The predicted octanol–water partition coefficient (Wildman–Crippen LogP) is -0.0750.